The Morgan fingerprint density at radius 1 is 1.19 bits per heavy atom. The number of benzene rings is 1. The van der Waals surface area contributed by atoms with Crippen LogP contribution in [0.1, 0.15) is 56.6 Å². The molecule has 1 aromatic carbocycles. The fraction of sp³-hybridized carbons (Fsp3) is 0.630. The standard InChI is InChI=1S/C27H36N4O6/c1-17(19-3-4-19)30(12-8-18-9-13-36-14-10-18)23(32)16-31-24(33)27(37-26(31)35)11-7-20-15-21(5-6-22(20)27)29-25(34)28-2/h5-6,15,17-19H,3-4,7-14,16H2,1-2H3,(H2,28,29,34)/t17-,27+/m0/s1. The second-order valence-corrected chi connectivity index (χ2v) is 10.7. The van der Waals surface area contributed by atoms with Gasteiger partial charge in [-0.15, -0.1) is 0 Å². The predicted molar refractivity (Wildman–Crippen MR) is 135 cm³/mol. The highest BCUT2D eigenvalue weighted by atomic mass is 16.6. The zero-order valence-corrected chi connectivity index (χ0v) is 21.6. The van der Waals surface area contributed by atoms with E-state index in [4.69, 9.17) is 9.47 Å². The van der Waals surface area contributed by atoms with E-state index < -0.39 is 17.6 Å². The van der Waals surface area contributed by atoms with Crippen LogP contribution in [0.3, 0.4) is 0 Å². The van der Waals surface area contributed by atoms with Crippen LogP contribution in [0.4, 0.5) is 15.3 Å². The first-order valence-corrected chi connectivity index (χ1v) is 13.4. The molecule has 10 heteroatoms. The van der Waals surface area contributed by atoms with Gasteiger partial charge in [-0.3, -0.25) is 9.59 Å². The van der Waals surface area contributed by atoms with Crippen LogP contribution >= 0.6 is 0 Å². The molecule has 10 nitrogen and oxygen atoms in total. The van der Waals surface area contributed by atoms with Gasteiger partial charge in [-0.25, -0.2) is 14.5 Å². The Balaban J connectivity index is 1.29. The molecule has 0 radical (unpaired) electrons. The molecule has 2 heterocycles. The lowest BCUT2D eigenvalue weighted by Gasteiger charge is -2.32. The number of hydrogen-bond donors (Lipinski definition) is 2. The van der Waals surface area contributed by atoms with Gasteiger partial charge in [-0.2, -0.15) is 0 Å². The lowest BCUT2D eigenvalue weighted by molar-refractivity contribution is -0.143. The number of hydrogen-bond acceptors (Lipinski definition) is 6. The van der Waals surface area contributed by atoms with E-state index in [-0.39, 0.29) is 24.5 Å². The maximum atomic E-state index is 13.6. The highest BCUT2D eigenvalue weighted by molar-refractivity contribution is 6.06. The Kier molecular flexibility index (Phi) is 7.11. The predicted octanol–water partition coefficient (Wildman–Crippen LogP) is 3.00. The van der Waals surface area contributed by atoms with Gasteiger partial charge < -0.3 is 25.0 Å². The zero-order valence-electron chi connectivity index (χ0n) is 21.6. The van der Waals surface area contributed by atoms with Gasteiger partial charge in [0, 0.05) is 50.5 Å². The summed E-state index contributed by atoms with van der Waals surface area (Å²) in [5.74, 6) is 0.303. The second-order valence-electron chi connectivity index (χ2n) is 10.7. The van der Waals surface area contributed by atoms with Gasteiger partial charge in [-0.05, 0) is 75.0 Å². The third-order valence-corrected chi connectivity index (χ3v) is 8.37. The Morgan fingerprint density at radius 2 is 1.95 bits per heavy atom. The molecule has 0 aromatic heterocycles. The van der Waals surface area contributed by atoms with Crippen LogP contribution < -0.4 is 10.6 Å². The third kappa shape index (κ3) is 5.03. The summed E-state index contributed by atoms with van der Waals surface area (Å²) in [6, 6.07) is 4.94. The number of nitrogens with zero attached hydrogens (tertiary/aromatic N) is 2. The van der Waals surface area contributed by atoms with Crippen molar-refractivity contribution in [2.75, 3.05) is 38.7 Å². The van der Waals surface area contributed by atoms with Crippen molar-refractivity contribution < 1.29 is 28.7 Å². The number of rotatable bonds is 8. The topological polar surface area (TPSA) is 117 Å². The Labute approximate surface area is 217 Å². The minimum atomic E-state index is -1.41. The van der Waals surface area contributed by atoms with E-state index in [2.05, 4.69) is 17.6 Å². The quantitative estimate of drug-likeness (QED) is 0.553. The number of urea groups is 1. The summed E-state index contributed by atoms with van der Waals surface area (Å²) in [6.07, 6.45) is 5.16. The van der Waals surface area contributed by atoms with Crippen LogP contribution in [-0.2, 0) is 31.1 Å². The smallest absolute Gasteiger partial charge is 0.418 e. The summed E-state index contributed by atoms with van der Waals surface area (Å²) in [5, 5.41) is 5.22. The molecule has 2 N–H and O–H groups in total. The molecule has 3 fully saturated rings. The van der Waals surface area contributed by atoms with Crippen molar-refractivity contribution in [1.29, 1.82) is 0 Å². The molecule has 5 rings (SSSR count). The fourth-order valence-electron chi connectivity index (χ4n) is 5.90. The first-order chi connectivity index (χ1) is 17.8. The van der Waals surface area contributed by atoms with Gasteiger partial charge >= 0.3 is 12.1 Å². The minimum Gasteiger partial charge on any atom is -0.427 e. The molecular formula is C27H36N4O6. The Bertz CT molecular complexity index is 1080. The number of carbonyl (C=O) groups is 4. The molecule has 1 spiro atoms. The molecule has 2 aliphatic carbocycles. The third-order valence-electron chi connectivity index (χ3n) is 8.37. The molecule has 37 heavy (non-hydrogen) atoms. The SMILES string of the molecule is CNC(=O)Nc1ccc2c(c1)CC[C@@]21OC(=O)N(CC(=O)N(CCC2CCOCC2)[C@@H](C)C2CC2)C1=O. The van der Waals surface area contributed by atoms with E-state index in [1.54, 1.807) is 18.2 Å². The van der Waals surface area contributed by atoms with Gasteiger partial charge in [0.2, 0.25) is 11.5 Å². The van der Waals surface area contributed by atoms with Crippen LogP contribution in [0.2, 0.25) is 0 Å². The van der Waals surface area contributed by atoms with Gasteiger partial charge in [-0.1, -0.05) is 6.07 Å². The van der Waals surface area contributed by atoms with E-state index in [1.807, 2.05) is 4.90 Å². The van der Waals surface area contributed by atoms with Crippen molar-refractivity contribution in [2.24, 2.45) is 11.8 Å². The highest BCUT2D eigenvalue weighted by Gasteiger charge is 2.58. The first kappa shape index (κ1) is 25.5. The summed E-state index contributed by atoms with van der Waals surface area (Å²) in [5.41, 5.74) is 0.635. The summed E-state index contributed by atoms with van der Waals surface area (Å²) in [6.45, 7) is 3.90. The highest BCUT2D eigenvalue weighted by Crippen LogP contribution is 2.46. The molecule has 200 valence electrons. The Hall–Kier alpha value is -3.14. The van der Waals surface area contributed by atoms with Crippen molar-refractivity contribution in [1.82, 2.24) is 15.1 Å². The Morgan fingerprint density at radius 3 is 2.65 bits per heavy atom. The van der Waals surface area contributed by atoms with Crippen molar-refractivity contribution in [3.05, 3.63) is 29.3 Å². The van der Waals surface area contributed by atoms with Crippen molar-refractivity contribution in [3.63, 3.8) is 0 Å². The number of amides is 5. The van der Waals surface area contributed by atoms with Gasteiger partial charge in [0.1, 0.15) is 6.54 Å². The monoisotopic (exact) mass is 512 g/mol. The maximum absolute atomic E-state index is 13.6. The summed E-state index contributed by atoms with van der Waals surface area (Å²) < 4.78 is 11.2. The average Bonchev–Trinajstić information content (AvgIpc) is 3.65. The molecule has 2 aliphatic heterocycles. The van der Waals surface area contributed by atoms with Crippen molar-refractivity contribution in [2.45, 2.75) is 63.5 Å². The summed E-state index contributed by atoms with van der Waals surface area (Å²) in [7, 11) is 1.53. The number of carbonyl (C=O) groups excluding carboxylic acids is 4. The normalized spacial score (nSPS) is 24.1. The molecule has 4 aliphatic rings. The van der Waals surface area contributed by atoms with Crippen LogP contribution in [-0.4, -0.2) is 73.1 Å². The van der Waals surface area contributed by atoms with E-state index in [9.17, 15) is 19.2 Å². The number of fused-ring (bicyclic) bond motifs is 2. The largest absolute Gasteiger partial charge is 0.427 e. The number of anilines is 1. The molecule has 1 saturated carbocycles. The molecule has 2 saturated heterocycles. The van der Waals surface area contributed by atoms with Crippen LogP contribution in [0, 0.1) is 11.8 Å². The lowest BCUT2D eigenvalue weighted by Crippen LogP contribution is -2.48. The minimum absolute atomic E-state index is 0.0773. The summed E-state index contributed by atoms with van der Waals surface area (Å²) >= 11 is 0. The lowest BCUT2D eigenvalue weighted by atomic mass is 9.94. The van der Waals surface area contributed by atoms with Gasteiger partial charge in [0.15, 0.2) is 0 Å². The van der Waals surface area contributed by atoms with Crippen molar-refractivity contribution >= 4 is 29.6 Å². The molecule has 0 unspecified atom stereocenters. The second kappa shape index (κ2) is 10.3. The van der Waals surface area contributed by atoms with Crippen LogP contribution in [0.25, 0.3) is 0 Å². The average molecular weight is 513 g/mol. The van der Waals surface area contributed by atoms with Gasteiger partial charge in [0.05, 0.1) is 0 Å². The summed E-state index contributed by atoms with van der Waals surface area (Å²) in [4.78, 5) is 54.6. The first-order valence-electron chi connectivity index (χ1n) is 13.4. The molecule has 0 bridgehead atoms. The van der Waals surface area contributed by atoms with E-state index >= 15 is 0 Å². The van der Waals surface area contributed by atoms with E-state index in [0.717, 1.165) is 55.8 Å². The van der Waals surface area contributed by atoms with Crippen LogP contribution in [0.15, 0.2) is 18.2 Å². The fourth-order valence-corrected chi connectivity index (χ4v) is 5.90. The maximum Gasteiger partial charge on any atom is 0.418 e. The number of aryl methyl sites for hydroxylation is 1. The van der Waals surface area contributed by atoms with Crippen molar-refractivity contribution in [3.8, 4) is 0 Å². The molecular weight excluding hydrogens is 476 g/mol. The molecule has 1 aromatic rings. The van der Waals surface area contributed by atoms with E-state index in [0.29, 0.717) is 42.5 Å². The molecule has 2 atom stereocenters. The number of nitrogens with one attached hydrogen (secondary N) is 2. The number of imide groups is 1. The molecule has 5 amide bonds. The van der Waals surface area contributed by atoms with Gasteiger partial charge in [0.25, 0.3) is 5.91 Å². The van der Waals surface area contributed by atoms with Crippen LogP contribution in [0.5, 0.6) is 0 Å². The zero-order chi connectivity index (χ0) is 26.2. The number of ether oxygens (including phenoxy) is 2. The van der Waals surface area contributed by atoms with E-state index in [1.165, 1.54) is 7.05 Å².